The van der Waals surface area contributed by atoms with Crippen molar-refractivity contribution in [1.82, 2.24) is 4.57 Å². The molecule has 244 valence electrons. The van der Waals surface area contributed by atoms with E-state index in [1.165, 1.54) is 65.6 Å². The van der Waals surface area contributed by atoms with Gasteiger partial charge in [0.25, 0.3) is 0 Å². The number of nitrogens with zero attached hydrogens (tertiary/aromatic N) is 2. The van der Waals surface area contributed by atoms with Gasteiger partial charge in [0, 0.05) is 33.4 Å². The average Bonchev–Trinajstić information content (AvgIpc) is 3.56. The van der Waals surface area contributed by atoms with Gasteiger partial charge in [-0.2, -0.15) is 0 Å². The van der Waals surface area contributed by atoms with Crippen LogP contribution in [0.3, 0.4) is 0 Å². The van der Waals surface area contributed by atoms with Crippen molar-refractivity contribution in [2.45, 2.75) is 0 Å². The summed E-state index contributed by atoms with van der Waals surface area (Å²) in [4.78, 5) is 2.42. The molecule has 0 aliphatic rings. The van der Waals surface area contributed by atoms with E-state index in [1.54, 1.807) is 0 Å². The Bertz CT molecular complexity index is 2890. The molecule has 0 amide bonds. The predicted octanol–water partition coefficient (Wildman–Crippen LogP) is 13.9. The Morgan fingerprint density at radius 1 is 0.327 bits per heavy atom. The highest BCUT2D eigenvalue weighted by atomic mass is 15.1. The van der Waals surface area contributed by atoms with Crippen molar-refractivity contribution < 1.29 is 0 Å². The molecule has 0 unspecified atom stereocenters. The standard InChI is InChI=1S/C50H34N2/c1-3-13-35(14-4-1)36-25-29-41(30-26-36)51(42-31-27-38-24-23-37-15-7-8-18-43(37)46(38)34-42)48-21-11-9-19-44(48)39-28-32-50-47(33-39)45-20-10-12-22-49(45)52(50)40-16-5-2-6-17-40/h1-34H. The van der Waals surface area contributed by atoms with Crippen molar-refractivity contribution in [2.75, 3.05) is 4.90 Å². The summed E-state index contributed by atoms with van der Waals surface area (Å²) in [5.41, 5.74) is 11.7. The zero-order valence-electron chi connectivity index (χ0n) is 28.5. The number of hydrogen-bond donors (Lipinski definition) is 0. The number of hydrogen-bond acceptors (Lipinski definition) is 1. The second kappa shape index (κ2) is 12.5. The van der Waals surface area contributed by atoms with E-state index in [2.05, 4.69) is 216 Å². The molecule has 0 spiro atoms. The quantitative estimate of drug-likeness (QED) is 0.161. The summed E-state index contributed by atoms with van der Waals surface area (Å²) < 4.78 is 2.38. The van der Waals surface area contributed by atoms with Crippen LogP contribution >= 0.6 is 0 Å². The molecular formula is C50H34N2. The number of anilines is 3. The van der Waals surface area contributed by atoms with Crippen LogP contribution in [0.15, 0.2) is 206 Å². The largest absolute Gasteiger partial charge is 0.310 e. The van der Waals surface area contributed by atoms with E-state index in [-0.39, 0.29) is 0 Å². The SMILES string of the molecule is c1ccc(-c2ccc(N(c3ccc4ccc5ccccc5c4c3)c3ccccc3-c3ccc4c(c3)c3ccccc3n4-c3ccccc3)cc2)cc1. The van der Waals surface area contributed by atoms with Crippen LogP contribution in [0.2, 0.25) is 0 Å². The van der Waals surface area contributed by atoms with E-state index in [9.17, 15) is 0 Å². The molecule has 9 aromatic carbocycles. The van der Waals surface area contributed by atoms with Crippen LogP contribution in [0.1, 0.15) is 0 Å². The van der Waals surface area contributed by atoms with Crippen LogP contribution in [0, 0.1) is 0 Å². The van der Waals surface area contributed by atoms with Gasteiger partial charge >= 0.3 is 0 Å². The zero-order chi connectivity index (χ0) is 34.4. The lowest BCUT2D eigenvalue weighted by Crippen LogP contribution is -2.11. The van der Waals surface area contributed by atoms with E-state index in [0.29, 0.717) is 0 Å². The van der Waals surface area contributed by atoms with Crippen LogP contribution in [0.5, 0.6) is 0 Å². The zero-order valence-corrected chi connectivity index (χ0v) is 28.5. The van der Waals surface area contributed by atoms with Crippen LogP contribution in [0.4, 0.5) is 17.1 Å². The van der Waals surface area contributed by atoms with Crippen molar-refractivity contribution in [1.29, 1.82) is 0 Å². The lowest BCUT2D eigenvalue weighted by Gasteiger charge is -2.28. The molecule has 2 heteroatoms. The first-order chi connectivity index (χ1) is 25.8. The molecule has 0 bridgehead atoms. The molecule has 0 aliphatic carbocycles. The summed E-state index contributed by atoms with van der Waals surface area (Å²) in [6.45, 7) is 0. The second-order valence-electron chi connectivity index (χ2n) is 13.4. The minimum Gasteiger partial charge on any atom is -0.310 e. The Morgan fingerprint density at radius 2 is 0.904 bits per heavy atom. The van der Waals surface area contributed by atoms with Gasteiger partial charge in [0.05, 0.1) is 16.7 Å². The Morgan fingerprint density at radius 3 is 1.73 bits per heavy atom. The topological polar surface area (TPSA) is 8.17 Å². The van der Waals surface area contributed by atoms with Crippen LogP contribution in [-0.4, -0.2) is 4.57 Å². The summed E-state index contributed by atoms with van der Waals surface area (Å²) in [5, 5.41) is 7.46. The Hall–Kier alpha value is -6.90. The lowest BCUT2D eigenvalue weighted by molar-refractivity contribution is 1.18. The van der Waals surface area contributed by atoms with Gasteiger partial charge in [-0.3, -0.25) is 0 Å². The van der Waals surface area contributed by atoms with E-state index in [1.807, 2.05) is 0 Å². The Labute approximate surface area is 303 Å². The molecule has 0 N–H and O–H groups in total. The van der Waals surface area contributed by atoms with Gasteiger partial charge < -0.3 is 9.47 Å². The third-order valence-corrected chi connectivity index (χ3v) is 10.4. The molecule has 1 heterocycles. The van der Waals surface area contributed by atoms with Crippen molar-refractivity contribution in [2.24, 2.45) is 0 Å². The Balaban J connectivity index is 1.18. The monoisotopic (exact) mass is 662 g/mol. The number of para-hydroxylation sites is 3. The van der Waals surface area contributed by atoms with E-state index >= 15 is 0 Å². The highest BCUT2D eigenvalue weighted by Gasteiger charge is 2.20. The van der Waals surface area contributed by atoms with Crippen molar-refractivity contribution in [3.05, 3.63) is 206 Å². The van der Waals surface area contributed by atoms with Gasteiger partial charge in [0.1, 0.15) is 0 Å². The van der Waals surface area contributed by atoms with Crippen LogP contribution in [-0.2, 0) is 0 Å². The highest BCUT2D eigenvalue weighted by Crippen LogP contribution is 2.44. The maximum absolute atomic E-state index is 2.42. The minimum absolute atomic E-state index is 1.11. The first-order valence-corrected chi connectivity index (χ1v) is 17.9. The lowest BCUT2D eigenvalue weighted by atomic mass is 9.98. The molecule has 0 saturated heterocycles. The normalized spacial score (nSPS) is 11.5. The number of fused-ring (bicyclic) bond motifs is 6. The molecule has 10 aromatic rings. The van der Waals surface area contributed by atoms with Crippen molar-refractivity contribution in [3.63, 3.8) is 0 Å². The van der Waals surface area contributed by atoms with Crippen molar-refractivity contribution >= 4 is 60.4 Å². The smallest absolute Gasteiger partial charge is 0.0541 e. The van der Waals surface area contributed by atoms with Gasteiger partial charge in [-0.25, -0.2) is 0 Å². The molecule has 2 nitrogen and oxygen atoms in total. The maximum Gasteiger partial charge on any atom is 0.0541 e. The summed E-state index contributed by atoms with van der Waals surface area (Å²) in [6, 6.07) is 74.7. The molecule has 0 aliphatic heterocycles. The molecular weight excluding hydrogens is 629 g/mol. The van der Waals surface area contributed by atoms with Gasteiger partial charge in [0.2, 0.25) is 0 Å². The summed E-state index contributed by atoms with van der Waals surface area (Å²) >= 11 is 0. The van der Waals surface area contributed by atoms with Crippen LogP contribution < -0.4 is 4.90 Å². The fourth-order valence-corrected chi connectivity index (χ4v) is 7.90. The average molecular weight is 663 g/mol. The first-order valence-electron chi connectivity index (χ1n) is 17.9. The van der Waals surface area contributed by atoms with Crippen LogP contribution in [0.25, 0.3) is 71.3 Å². The van der Waals surface area contributed by atoms with Gasteiger partial charge in [-0.05, 0) is 98.9 Å². The van der Waals surface area contributed by atoms with Gasteiger partial charge in [0.15, 0.2) is 0 Å². The highest BCUT2D eigenvalue weighted by molar-refractivity contribution is 6.11. The molecule has 0 saturated carbocycles. The second-order valence-corrected chi connectivity index (χ2v) is 13.4. The number of rotatable bonds is 6. The molecule has 0 fully saturated rings. The molecule has 0 atom stereocenters. The third kappa shape index (κ3) is 5.04. The maximum atomic E-state index is 2.42. The van der Waals surface area contributed by atoms with E-state index < -0.39 is 0 Å². The fourth-order valence-electron chi connectivity index (χ4n) is 7.90. The minimum atomic E-state index is 1.11. The predicted molar refractivity (Wildman–Crippen MR) is 221 cm³/mol. The Kier molecular flexibility index (Phi) is 7.18. The fraction of sp³-hybridized carbons (Fsp3) is 0. The first kappa shape index (κ1) is 30.0. The summed E-state index contributed by atoms with van der Waals surface area (Å²) in [7, 11) is 0. The number of aromatic nitrogens is 1. The molecule has 1 aromatic heterocycles. The third-order valence-electron chi connectivity index (χ3n) is 10.4. The number of benzene rings is 9. The van der Waals surface area contributed by atoms with Crippen molar-refractivity contribution in [3.8, 4) is 27.9 Å². The van der Waals surface area contributed by atoms with Gasteiger partial charge in [-0.1, -0.05) is 146 Å². The summed E-state index contributed by atoms with van der Waals surface area (Å²) in [6.07, 6.45) is 0. The van der Waals surface area contributed by atoms with E-state index in [4.69, 9.17) is 0 Å². The molecule has 0 radical (unpaired) electrons. The molecule has 52 heavy (non-hydrogen) atoms. The van der Waals surface area contributed by atoms with Gasteiger partial charge in [-0.15, -0.1) is 0 Å². The summed E-state index contributed by atoms with van der Waals surface area (Å²) in [5.74, 6) is 0. The molecule has 10 rings (SSSR count). The van der Waals surface area contributed by atoms with E-state index in [0.717, 1.165) is 22.7 Å².